The van der Waals surface area contributed by atoms with E-state index in [0.29, 0.717) is 63.9 Å². The summed E-state index contributed by atoms with van der Waals surface area (Å²) in [6, 6.07) is 16.4. The molecule has 8 aromatic rings. The van der Waals surface area contributed by atoms with Crippen molar-refractivity contribution in [1.82, 2.24) is 55.7 Å². The Morgan fingerprint density at radius 1 is 0.699 bits per heavy atom. The maximum atomic E-state index is 14.1. The summed E-state index contributed by atoms with van der Waals surface area (Å²) >= 11 is 0. The van der Waals surface area contributed by atoms with E-state index < -0.39 is 17.7 Å². The lowest BCUT2D eigenvalue weighted by Crippen LogP contribution is -2.55. The number of halogens is 2. The number of aromatic nitrogens is 10. The number of anilines is 4. The summed E-state index contributed by atoms with van der Waals surface area (Å²) in [4.78, 5) is 54.3. The van der Waals surface area contributed by atoms with E-state index in [-0.39, 0.29) is 43.0 Å². The highest BCUT2D eigenvalue weighted by atomic mass is 19.2. The van der Waals surface area contributed by atoms with Crippen LogP contribution in [-0.4, -0.2) is 125 Å². The number of carbonyl (C=O) groups is 1. The van der Waals surface area contributed by atoms with E-state index in [1.165, 1.54) is 10.8 Å². The van der Waals surface area contributed by atoms with Crippen molar-refractivity contribution in [2.75, 3.05) is 46.6 Å². The first-order valence-corrected chi connectivity index (χ1v) is 28.6. The highest BCUT2D eigenvalue weighted by Gasteiger charge is 2.36. The maximum absolute atomic E-state index is 14.1. The van der Waals surface area contributed by atoms with E-state index >= 15 is 0 Å². The molecule has 430 valence electrons. The monoisotopic (exact) mass is 1130 g/mol. The van der Waals surface area contributed by atoms with Gasteiger partial charge in [0.05, 0.1) is 49.1 Å². The Balaban J connectivity index is 0.620. The second-order valence-corrected chi connectivity index (χ2v) is 21.9. The number of benzene rings is 2. The third-order valence-corrected chi connectivity index (χ3v) is 16.1. The molecule has 2 aliphatic carbocycles. The van der Waals surface area contributed by atoms with Gasteiger partial charge in [0.25, 0.3) is 18.6 Å². The van der Waals surface area contributed by atoms with Crippen LogP contribution >= 0.6 is 0 Å². The molecule has 1 amide bonds. The van der Waals surface area contributed by atoms with E-state index in [9.17, 15) is 13.6 Å². The van der Waals surface area contributed by atoms with Gasteiger partial charge in [-0.2, -0.15) is 4.98 Å². The molecule has 6 aromatic heterocycles. The van der Waals surface area contributed by atoms with Gasteiger partial charge in [-0.25, -0.2) is 43.1 Å². The Kier molecular flexibility index (Phi) is 16.4. The Hall–Kier alpha value is -8.64. The van der Waals surface area contributed by atoms with Crippen LogP contribution in [0.5, 0.6) is 0 Å². The highest BCUT2D eigenvalue weighted by molar-refractivity contribution is 5.85. The Morgan fingerprint density at radius 2 is 1.39 bits per heavy atom. The number of rotatable bonds is 17. The number of aryl methyl sites for hydroxylation is 2. The van der Waals surface area contributed by atoms with Crippen molar-refractivity contribution in [2.45, 2.75) is 134 Å². The van der Waals surface area contributed by atoms with Crippen LogP contribution < -0.4 is 35.8 Å². The van der Waals surface area contributed by atoms with Crippen molar-refractivity contribution in [3.8, 4) is 45.7 Å². The van der Waals surface area contributed by atoms with Gasteiger partial charge in [-0.15, -0.1) is 0 Å². The summed E-state index contributed by atoms with van der Waals surface area (Å²) in [5, 5.41) is 18.3. The SMILES string of the molecule is C=[N+](c1cc(-c2ccc(F)c(F)c2)ccn1)C1CCCCC1NC1CCCN(c2cnc(-c3nc(C)o[n+]3COC(=O)Nc3cccc(-c4cnc(NC5CCCCC5NC5CCCN(c6cnc(-c7noc(C)n7)nc6)C5)o4)c3)nc2)C1. The minimum absolute atomic E-state index is 0.0884. The quantitative estimate of drug-likeness (QED) is 0.0491. The second kappa shape index (κ2) is 24.8. The fraction of sp³-hybridized carbons (Fsp3) is 0.424. The Labute approximate surface area is 478 Å². The second-order valence-electron chi connectivity index (χ2n) is 21.9. The standard InChI is InChI=1S/C59H66F2N17O5/c1-36-68-55(74-82-36)54-63-28-44(29-64-54)76-23-9-13-42(33-76)70-48-15-4-5-16-49(48)73-58-67-32-52(81-58)40-11-8-12-41(25-40)72-59(79)80-35-78-57(69-37(2)83-78)56-65-30-45(31-66-56)77-24-10-14-43(34-77)71-50-17-6-7-18-51(50)75(3)53-27-39(21-22-62-53)38-19-20-46(60)47(61)26-38/h8,11-12,19-22,25-32,42-43,48-51,70-71H,3-7,9-10,13-18,23-24,33-35H2,1-2H3,(H-,67,72,73,79)/q+1/p+1. The molecular weight excluding hydrogens is 1060 g/mol. The first-order chi connectivity index (χ1) is 40.5. The summed E-state index contributed by atoms with van der Waals surface area (Å²) < 4.78 is 54.0. The molecule has 6 unspecified atom stereocenters. The zero-order chi connectivity index (χ0) is 56.8. The van der Waals surface area contributed by atoms with Crippen LogP contribution in [0.15, 0.2) is 105 Å². The lowest BCUT2D eigenvalue weighted by atomic mass is 9.88. The van der Waals surface area contributed by atoms with Crippen LogP contribution in [0.2, 0.25) is 0 Å². The Bertz CT molecular complexity index is 3540. The maximum Gasteiger partial charge on any atom is 0.414 e. The van der Waals surface area contributed by atoms with Gasteiger partial charge in [0.2, 0.25) is 17.5 Å². The number of nitrogens with zero attached hydrogens (tertiary/aromatic N) is 13. The van der Waals surface area contributed by atoms with Gasteiger partial charge in [-0.1, -0.05) is 42.6 Å². The topological polar surface area (TPSA) is 243 Å². The fourth-order valence-corrected chi connectivity index (χ4v) is 12.0. The molecule has 4 fully saturated rings. The van der Waals surface area contributed by atoms with Crippen LogP contribution in [0.3, 0.4) is 0 Å². The molecule has 4 N–H and O–H groups in total. The van der Waals surface area contributed by atoms with Gasteiger partial charge in [0.1, 0.15) is 12.2 Å². The smallest absolute Gasteiger partial charge is 0.414 e. The molecule has 4 aliphatic rings. The summed E-state index contributed by atoms with van der Waals surface area (Å²) in [7, 11) is 0. The summed E-state index contributed by atoms with van der Waals surface area (Å²) in [6.07, 6.45) is 22.4. The first-order valence-electron chi connectivity index (χ1n) is 28.6. The zero-order valence-corrected chi connectivity index (χ0v) is 46.5. The number of hydrogen-bond donors (Lipinski definition) is 4. The minimum atomic E-state index is -0.889. The van der Waals surface area contributed by atoms with Crippen LogP contribution in [0.25, 0.3) is 45.7 Å². The summed E-state index contributed by atoms with van der Waals surface area (Å²) in [5.74, 6) is 1.72. The molecule has 2 saturated heterocycles. The van der Waals surface area contributed by atoms with Crippen molar-refractivity contribution in [3.05, 3.63) is 115 Å². The molecule has 2 aromatic carbocycles. The third-order valence-electron chi connectivity index (χ3n) is 16.1. The predicted octanol–water partition coefficient (Wildman–Crippen LogP) is 8.97. The Morgan fingerprint density at radius 3 is 2.11 bits per heavy atom. The normalized spacial score (nSPS) is 21.2. The summed E-state index contributed by atoms with van der Waals surface area (Å²) in [5.41, 5.74) is 4.39. The number of carbonyl (C=O) groups excluding carboxylic acids is 1. The number of nitrogens with one attached hydrogen (secondary N) is 4. The van der Waals surface area contributed by atoms with Gasteiger partial charge in [-0.05, 0) is 109 Å². The van der Waals surface area contributed by atoms with Crippen molar-refractivity contribution in [2.24, 2.45) is 0 Å². The number of pyridine rings is 1. The lowest BCUT2D eigenvalue weighted by molar-refractivity contribution is -0.876. The molecule has 0 bridgehead atoms. The van der Waals surface area contributed by atoms with Crippen molar-refractivity contribution < 1.29 is 41.1 Å². The third kappa shape index (κ3) is 13.0. The molecule has 2 aliphatic heterocycles. The highest BCUT2D eigenvalue weighted by Crippen LogP contribution is 2.32. The number of ether oxygens (including phenoxy) is 1. The average molecular weight is 1130 g/mol. The number of piperidine rings is 2. The molecule has 22 nitrogen and oxygen atoms in total. The fourth-order valence-electron chi connectivity index (χ4n) is 12.0. The molecule has 0 radical (unpaired) electrons. The van der Waals surface area contributed by atoms with Gasteiger partial charge in [-0.3, -0.25) is 9.84 Å². The van der Waals surface area contributed by atoms with Crippen LogP contribution in [-0.2, 0) is 11.5 Å². The van der Waals surface area contributed by atoms with E-state index in [1.807, 2.05) is 35.2 Å². The van der Waals surface area contributed by atoms with Gasteiger partial charge < -0.3 is 39.4 Å². The van der Waals surface area contributed by atoms with Crippen molar-refractivity contribution in [3.63, 3.8) is 0 Å². The molecule has 12 rings (SSSR count). The molecule has 24 heteroatoms. The molecule has 83 heavy (non-hydrogen) atoms. The van der Waals surface area contributed by atoms with Crippen molar-refractivity contribution >= 4 is 41.7 Å². The molecule has 0 spiro atoms. The van der Waals surface area contributed by atoms with E-state index in [0.717, 1.165) is 132 Å². The largest absolute Gasteiger partial charge is 0.424 e. The van der Waals surface area contributed by atoms with E-state index in [2.05, 4.69) is 72.8 Å². The number of hydrogen-bond acceptors (Lipinski definition) is 19. The van der Waals surface area contributed by atoms with Crippen LogP contribution in [0.1, 0.15) is 88.8 Å². The minimum Gasteiger partial charge on any atom is -0.424 e. The van der Waals surface area contributed by atoms with E-state index in [4.69, 9.17) is 28.2 Å². The zero-order valence-electron chi connectivity index (χ0n) is 46.5. The lowest BCUT2D eigenvalue weighted by Gasteiger charge is -2.40. The molecule has 2 saturated carbocycles. The van der Waals surface area contributed by atoms with Gasteiger partial charge in [0, 0.05) is 92.5 Å². The van der Waals surface area contributed by atoms with E-state index in [1.54, 1.807) is 62.9 Å². The predicted molar refractivity (Wildman–Crippen MR) is 304 cm³/mol. The number of amides is 1. The molecule has 8 heterocycles. The van der Waals surface area contributed by atoms with Gasteiger partial charge in [0.15, 0.2) is 17.4 Å². The average Bonchev–Trinajstić information content (AvgIpc) is 4.49. The number of oxazole rings is 1. The van der Waals surface area contributed by atoms with Crippen LogP contribution in [0.4, 0.5) is 42.5 Å². The molecule has 6 atom stereocenters. The summed E-state index contributed by atoms with van der Waals surface area (Å²) in [6.45, 7) is 11.0. The van der Waals surface area contributed by atoms with Crippen molar-refractivity contribution in [1.29, 1.82) is 0 Å². The van der Waals surface area contributed by atoms with Crippen LogP contribution in [0, 0.1) is 25.5 Å². The van der Waals surface area contributed by atoms with Gasteiger partial charge >= 0.3 is 23.6 Å². The first kappa shape index (κ1) is 54.9. The molecular formula is C59H67F2N17O5+2.